The lowest BCUT2D eigenvalue weighted by atomic mass is 10.1. The monoisotopic (exact) mass is 215 g/mol. The van der Waals surface area contributed by atoms with Crippen LogP contribution in [0.4, 0.5) is 0 Å². The second-order valence-corrected chi connectivity index (χ2v) is 3.81. The van der Waals surface area contributed by atoms with E-state index in [1.807, 2.05) is 36.4 Å². The van der Waals surface area contributed by atoms with Crippen molar-refractivity contribution in [3.63, 3.8) is 0 Å². The quantitative estimate of drug-likeness (QED) is 0.670. The van der Waals surface area contributed by atoms with Crippen LogP contribution in [0.25, 0.3) is 6.08 Å². The Morgan fingerprint density at radius 1 is 1.31 bits per heavy atom. The Bertz CT molecular complexity index is 448. The van der Waals surface area contributed by atoms with Crippen molar-refractivity contribution in [1.82, 2.24) is 4.90 Å². The molecule has 1 aliphatic heterocycles. The Kier molecular flexibility index (Phi) is 2.86. The summed E-state index contributed by atoms with van der Waals surface area (Å²) in [4.78, 5) is 24.2. The average molecular weight is 215 g/mol. The molecule has 0 atom stereocenters. The van der Waals surface area contributed by atoms with E-state index in [0.29, 0.717) is 18.5 Å². The summed E-state index contributed by atoms with van der Waals surface area (Å²) < 4.78 is 0. The molecule has 0 saturated carbocycles. The van der Waals surface area contributed by atoms with Gasteiger partial charge in [-0.05, 0) is 18.1 Å². The van der Waals surface area contributed by atoms with Crippen molar-refractivity contribution in [2.45, 2.75) is 13.3 Å². The van der Waals surface area contributed by atoms with Gasteiger partial charge in [-0.2, -0.15) is 0 Å². The number of carbonyl (C=O) groups excluding carboxylic acids is 2. The Balaban J connectivity index is 2.22. The minimum Gasteiger partial charge on any atom is -0.279 e. The third-order valence-electron chi connectivity index (χ3n) is 2.65. The van der Waals surface area contributed by atoms with E-state index < -0.39 is 0 Å². The fourth-order valence-electron chi connectivity index (χ4n) is 1.80. The standard InChI is InChI=1S/C13H13NO2/c1-10(15)14-8-7-12(13(14)16)9-11-5-3-2-4-6-11/h2-6,9H,7-8H2,1H3. The van der Waals surface area contributed by atoms with Crippen molar-refractivity contribution < 1.29 is 9.59 Å². The van der Waals surface area contributed by atoms with Crippen molar-refractivity contribution in [3.8, 4) is 0 Å². The predicted octanol–water partition coefficient (Wildman–Crippen LogP) is 1.85. The number of carbonyl (C=O) groups is 2. The summed E-state index contributed by atoms with van der Waals surface area (Å²) in [6.45, 7) is 1.93. The van der Waals surface area contributed by atoms with E-state index in [4.69, 9.17) is 0 Å². The maximum atomic E-state index is 11.8. The van der Waals surface area contributed by atoms with Crippen LogP contribution in [0.15, 0.2) is 35.9 Å². The molecule has 0 N–H and O–H groups in total. The molecule has 2 rings (SSSR count). The Labute approximate surface area is 94.4 Å². The van der Waals surface area contributed by atoms with Gasteiger partial charge in [0.25, 0.3) is 5.91 Å². The maximum Gasteiger partial charge on any atom is 0.256 e. The fraction of sp³-hybridized carbons (Fsp3) is 0.231. The molecule has 0 aromatic heterocycles. The van der Waals surface area contributed by atoms with E-state index in [2.05, 4.69) is 0 Å². The van der Waals surface area contributed by atoms with Crippen molar-refractivity contribution in [1.29, 1.82) is 0 Å². The molecule has 1 aliphatic rings. The van der Waals surface area contributed by atoms with Gasteiger partial charge in [0.2, 0.25) is 5.91 Å². The zero-order valence-corrected chi connectivity index (χ0v) is 9.14. The van der Waals surface area contributed by atoms with Gasteiger partial charge in [0, 0.05) is 19.0 Å². The van der Waals surface area contributed by atoms with Crippen molar-refractivity contribution in [3.05, 3.63) is 41.5 Å². The van der Waals surface area contributed by atoms with Crippen LogP contribution in [-0.4, -0.2) is 23.3 Å². The molecule has 0 radical (unpaired) electrons. The first-order chi connectivity index (χ1) is 7.68. The van der Waals surface area contributed by atoms with Gasteiger partial charge in [-0.15, -0.1) is 0 Å². The average Bonchev–Trinajstić information content (AvgIpc) is 2.62. The smallest absolute Gasteiger partial charge is 0.256 e. The summed E-state index contributed by atoms with van der Waals surface area (Å²) in [7, 11) is 0. The highest BCUT2D eigenvalue weighted by atomic mass is 16.2. The van der Waals surface area contributed by atoms with E-state index in [0.717, 1.165) is 5.56 Å². The molecule has 1 saturated heterocycles. The first kappa shape index (κ1) is 10.6. The van der Waals surface area contributed by atoms with Gasteiger partial charge in [0.1, 0.15) is 0 Å². The van der Waals surface area contributed by atoms with Crippen LogP contribution >= 0.6 is 0 Å². The highest BCUT2D eigenvalue weighted by Crippen LogP contribution is 2.20. The summed E-state index contributed by atoms with van der Waals surface area (Å²) in [5, 5.41) is 0. The van der Waals surface area contributed by atoms with Crippen molar-refractivity contribution in [2.24, 2.45) is 0 Å². The predicted molar refractivity (Wildman–Crippen MR) is 61.4 cm³/mol. The molecule has 82 valence electrons. The lowest BCUT2D eigenvalue weighted by molar-refractivity contribution is -0.138. The second-order valence-electron chi connectivity index (χ2n) is 3.81. The van der Waals surface area contributed by atoms with Crippen molar-refractivity contribution in [2.75, 3.05) is 6.54 Å². The van der Waals surface area contributed by atoms with Crippen LogP contribution in [0, 0.1) is 0 Å². The van der Waals surface area contributed by atoms with Gasteiger partial charge in [-0.25, -0.2) is 0 Å². The van der Waals surface area contributed by atoms with Crippen LogP contribution in [0.5, 0.6) is 0 Å². The molecule has 3 nitrogen and oxygen atoms in total. The van der Waals surface area contributed by atoms with E-state index in [9.17, 15) is 9.59 Å². The number of hydrogen-bond donors (Lipinski definition) is 0. The van der Waals surface area contributed by atoms with Crippen LogP contribution in [-0.2, 0) is 9.59 Å². The summed E-state index contributed by atoms with van der Waals surface area (Å²) in [5.74, 6) is -0.335. The largest absolute Gasteiger partial charge is 0.279 e. The minimum absolute atomic E-state index is 0.156. The van der Waals surface area contributed by atoms with Gasteiger partial charge in [0.05, 0.1) is 0 Å². The number of nitrogens with zero attached hydrogens (tertiary/aromatic N) is 1. The Hall–Kier alpha value is -1.90. The van der Waals surface area contributed by atoms with E-state index in [1.54, 1.807) is 0 Å². The fourth-order valence-corrected chi connectivity index (χ4v) is 1.80. The van der Waals surface area contributed by atoms with Gasteiger partial charge >= 0.3 is 0 Å². The zero-order valence-electron chi connectivity index (χ0n) is 9.14. The molecule has 0 unspecified atom stereocenters. The van der Waals surface area contributed by atoms with Crippen LogP contribution in [0.2, 0.25) is 0 Å². The van der Waals surface area contributed by atoms with Crippen LogP contribution in [0.3, 0.4) is 0 Å². The van der Waals surface area contributed by atoms with Gasteiger partial charge in [-0.3, -0.25) is 14.5 Å². The van der Waals surface area contributed by atoms with Crippen LogP contribution in [0.1, 0.15) is 18.9 Å². The molecule has 0 bridgehead atoms. The second kappa shape index (κ2) is 4.31. The zero-order chi connectivity index (χ0) is 11.5. The lowest BCUT2D eigenvalue weighted by Crippen LogP contribution is -2.29. The highest BCUT2D eigenvalue weighted by Gasteiger charge is 2.28. The summed E-state index contributed by atoms with van der Waals surface area (Å²) in [6.07, 6.45) is 2.50. The van der Waals surface area contributed by atoms with Gasteiger partial charge in [-0.1, -0.05) is 30.3 Å². The summed E-state index contributed by atoms with van der Waals surface area (Å²) >= 11 is 0. The molecule has 16 heavy (non-hydrogen) atoms. The van der Waals surface area contributed by atoms with E-state index >= 15 is 0 Å². The van der Waals surface area contributed by atoms with Crippen LogP contribution < -0.4 is 0 Å². The summed E-state index contributed by atoms with van der Waals surface area (Å²) in [6, 6.07) is 9.66. The highest BCUT2D eigenvalue weighted by molar-refractivity contribution is 6.08. The molecule has 3 heteroatoms. The normalized spacial score (nSPS) is 18.2. The summed E-state index contributed by atoms with van der Waals surface area (Å²) in [5.41, 5.74) is 1.71. The number of hydrogen-bond acceptors (Lipinski definition) is 2. The van der Waals surface area contributed by atoms with Crippen molar-refractivity contribution >= 4 is 17.9 Å². The first-order valence-electron chi connectivity index (χ1n) is 5.26. The molecule has 1 heterocycles. The topological polar surface area (TPSA) is 37.4 Å². The first-order valence-corrected chi connectivity index (χ1v) is 5.26. The van der Waals surface area contributed by atoms with Gasteiger partial charge < -0.3 is 0 Å². The number of rotatable bonds is 1. The molecule has 0 spiro atoms. The maximum absolute atomic E-state index is 11.8. The van der Waals surface area contributed by atoms with Gasteiger partial charge in [0.15, 0.2) is 0 Å². The Morgan fingerprint density at radius 2 is 2.00 bits per heavy atom. The minimum atomic E-state index is -0.179. The van der Waals surface area contributed by atoms with E-state index in [1.165, 1.54) is 11.8 Å². The third kappa shape index (κ3) is 2.03. The molecule has 0 aliphatic carbocycles. The third-order valence-corrected chi connectivity index (χ3v) is 2.65. The number of likely N-dealkylation sites (tertiary alicyclic amines) is 1. The van der Waals surface area contributed by atoms with E-state index in [-0.39, 0.29) is 11.8 Å². The number of benzene rings is 1. The molecular weight excluding hydrogens is 202 g/mol. The molecule has 1 aromatic carbocycles. The molecule has 1 aromatic rings. The molecular formula is C13H13NO2. The Morgan fingerprint density at radius 3 is 2.56 bits per heavy atom. The lowest BCUT2D eigenvalue weighted by Gasteiger charge is -2.08. The molecule has 1 fully saturated rings. The SMILES string of the molecule is CC(=O)N1CCC(=Cc2ccccc2)C1=O. The number of imide groups is 1. The molecule has 2 amide bonds. The number of amides is 2.